The van der Waals surface area contributed by atoms with E-state index in [1.165, 1.54) is 10.8 Å². The highest BCUT2D eigenvalue weighted by atomic mass is 16.3. The average Bonchev–Trinajstić information content (AvgIpc) is 2.96. The zero-order valence-corrected chi connectivity index (χ0v) is 15.0. The van der Waals surface area contributed by atoms with Crippen LogP contribution in [0.3, 0.4) is 0 Å². The Kier molecular flexibility index (Phi) is 4.27. The molecule has 3 nitrogen and oxygen atoms in total. The molecule has 1 heterocycles. The third-order valence-corrected chi connectivity index (χ3v) is 5.13. The molecule has 132 valence electrons. The van der Waals surface area contributed by atoms with E-state index >= 15 is 0 Å². The van der Waals surface area contributed by atoms with Crippen LogP contribution in [0.4, 0.5) is 0 Å². The molecule has 4 rings (SSSR count). The Hall–Kier alpha value is -2.62. The molecule has 0 aliphatic rings. The van der Waals surface area contributed by atoms with Crippen LogP contribution in [0.15, 0.2) is 72.8 Å². The lowest BCUT2D eigenvalue weighted by molar-refractivity contribution is 0.0730. The van der Waals surface area contributed by atoms with Gasteiger partial charge in [-0.1, -0.05) is 48.5 Å². The number of hydrogen-bond acceptors (Lipinski definition) is 2. The van der Waals surface area contributed by atoms with Crippen molar-refractivity contribution in [3.05, 3.63) is 78.4 Å². The van der Waals surface area contributed by atoms with Gasteiger partial charge >= 0.3 is 0 Å². The molecule has 0 spiro atoms. The van der Waals surface area contributed by atoms with Gasteiger partial charge in [0.05, 0.1) is 23.2 Å². The summed E-state index contributed by atoms with van der Waals surface area (Å²) in [6.07, 6.45) is -1.24. The van der Waals surface area contributed by atoms with Gasteiger partial charge in [-0.05, 0) is 43.7 Å². The maximum Gasteiger partial charge on any atom is 0.0605 e. The van der Waals surface area contributed by atoms with Crippen molar-refractivity contribution >= 4 is 21.8 Å². The van der Waals surface area contributed by atoms with E-state index < -0.39 is 12.2 Å². The van der Waals surface area contributed by atoms with Gasteiger partial charge in [0.2, 0.25) is 0 Å². The van der Waals surface area contributed by atoms with Crippen molar-refractivity contribution in [3.63, 3.8) is 0 Å². The van der Waals surface area contributed by atoms with Gasteiger partial charge in [0.15, 0.2) is 0 Å². The Balaban J connectivity index is 1.97. The van der Waals surface area contributed by atoms with Gasteiger partial charge in [0.1, 0.15) is 0 Å². The summed E-state index contributed by atoms with van der Waals surface area (Å²) in [6, 6.07) is 24.9. The van der Waals surface area contributed by atoms with Crippen molar-refractivity contribution in [2.24, 2.45) is 0 Å². The predicted octanol–water partition coefficient (Wildman–Crippen LogP) is 4.63. The summed E-state index contributed by atoms with van der Waals surface area (Å²) in [5, 5.41) is 22.7. The Morgan fingerprint density at radius 3 is 1.77 bits per heavy atom. The van der Waals surface area contributed by atoms with Gasteiger partial charge in [-0.25, -0.2) is 0 Å². The van der Waals surface area contributed by atoms with Crippen molar-refractivity contribution in [2.45, 2.75) is 32.0 Å². The molecular formula is C23H23NO2. The third kappa shape index (κ3) is 2.70. The van der Waals surface area contributed by atoms with Gasteiger partial charge in [0.25, 0.3) is 0 Å². The first-order valence-electron chi connectivity index (χ1n) is 9.02. The lowest BCUT2D eigenvalue weighted by Crippen LogP contribution is -2.25. The number of rotatable bonds is 4. The normalized spacial score (nSPS) is 15.2. The van der Waals surface area contributed by atoms with Crippen LogP contribution in [0, 0.1) is 0 Å². The number of nitrogens with zero attached hydrogens (tertiary/aromatic N) is 1. The van der Waals surface area contributed by atoms with Crippen molar-refractivity contribution in [1.82, 2.24) is 4.57 Å². The summed E-state index contributed by atoms with van der Waals surface area (Å²) in [7, 11) is 0. The van der Waals surface area contributed by atoms with E-state index in [1.807, 2.05) is 12.1 Å². The number of fused-ring (bicyclic) bond motifs is 3. The molecule has 0 saturated carbocycles. The van der Waals surface area contributed by atoms with E-state index in [1.54, 1.807) is 13.8 Å². The molecule has 0 aliphatic heterocycles. The average molecular weight is 345 g/mol. The highest BCUT2D eigenvalue weighted by molar-refractivity contribution is 6.09. The fourth-order valence-corrected chi connectivity index (χ4v) is 4.03. The molecule has 2 unspecified atom stereocenters. The second kappa shape index (κ2) is 6.60. The molecule has 26 heavy (non-hydrogen) atoms. The SMILES string of the molecule is CC(O)C(c1cccc(-n2c3ccccc3c3ccccc32)c1)C(C)O. The Labute approximate surface area is 153 Å². The summed E-state index contributed by atoms with van der Waals surface area (Å²) >= 11 is 0. The van der Waals surface area contributed by atoms with Crippen molar-refractivity contribution in [1.29, 1.82) is 0 Å². The second-order valence-corrected chi connectivity index (χ2v) is 6.97. The number of aliphatic hydroxyl groups is 2. The highest BCUT2D eigenvalue weighted by Gasteiger charge is 2.23. The summed E-state index contributed by atoms with van der Waals surface area (Å²) in [6.45, 7) is 3.45. The van der Waals surface area contributed by atoms with E-state index in [2.05, 4.69) is 65.2 Å². The molecule has 0 bridgehead atoms. The fraction of sp³-hybridized carbons (Fsp3) is 0.217. The molecular weight excluding hydrogens is 322 g/mol. The van der Waals surface area contributed by atoms with Crippen molar-refractivity contribution in [2.75, 3.05) is 0 Å². The maximum absolute atomic E-state index is 10.1. The van der Waals surface area contributed by atoms with E-state index in [9.17, 15) is 10.2 Å². The van der Waals surface area contributed by atoms with Crippen LogP contribution in [0.2, 0.25) is 0 Å². The topological polar surface area (TPSA) is 45.4 Å². The van der Waals surface area contributed by atoms with Crippen LogP contribution in [-0.2, 0) is 0 Å². The van der Waals surface area contributed by atoms with E-state index in [4.69, 9.17) is 0 Å². The number of hydrogen-bond donors (Lipinski definition) is 2. The maximum atomic E-state index is 10.1. The zero-order valence-electron chi connectivity index (χ0n) is 15.0. The molecule has 0 fully saturated rings. The molecule has 2 atom stereocenters. The lowest BCUT2D eigenvalue weighted by atomic mass is 9.89. The zero-order chi connectivity index (χ0) is 18.3. The van der Waals surface area contributed by atoms with Crippen molar-refractivity contribution < 1.29 is 10.2 Å². The third-order valence-electron chi connectivity index (χ3n) is 5.13. The van der Waals surface area contributed by atoms with Gasteiger partial charge in [-0.15, -0.1) is 0 Å². The first-order valence-corrected chi connectivity index (χ1v) is 9.02. The van der Waals surface area contributed by atoms with Crippen LogP contribution in [0.5, 0.6) is 0 Å². The second-order valence-electron chi connectivity index (χ2n) is 6.97. The summed E-state index contributed by atoms with van der Waals surface area (Å²) in [4.78, 5) is 0. The molecule has 2 N–H and O–H groups in total. The Morgan fingerprint density at radius 2 is 1.23 bits per heavy atom. The summed E-state index contributed by atoms with van der Waals surface area (Å²) in [5.41, 5.74) is 4.27. The largest absolute Gasteiger partial charge is 0.393 e. The van der Waals surface area contributed by atoms with Crippen molar-refractivity contribution in [3.8, 4) is 5.69 Å². The van der Waals surface area contributed by atoms with Crippen LogP contribution < -0.4 is 0 Å². The van der Waals surface area contributed by atoms with E-state index in [0.29, 0.717) is 0 Å². The van der Waals surface area contributed by atoms with Crippen LogP contribution in [0.1, 0.15) is 25.3 Å². The molecule has 3 aromatic carbocycles. The van der Waals surface area contributed by atoms with Gasteiger partial charge in [0, 0.05) is 22.4 Å². The van der Waals surface area contributed by atoms with Gasteiger partial charge in [-0.3, -0.25) is 0 Å². The van der Waals surface area contributed by atoms with Gasteiger partial charge < -0.3 is 14.8 Å². The minimum atomic E-state index is -0.622. The molecule has 0 radical (unpaired) electrons. The quantitative estimate of drug-likeness (QED) is 0.566. The van der Waals surface area contributed by atoms with E-state index in [0.717, 1.165) is 22.3 Å². The Bertz CT molecular complexity index is 1000. The minimum Gasteiger partial charge on any atom is -0.393 e. The smallest absolute Gasteiger partial charge is 0.0605 e. The number of aromatic nitrogens is 1. The summed E-state index contributed by atoms with van der Waals surface area (Å²) < 4.78 is 2.25. The standard InChI is InChI=1S/C23H23NO2/c1-15(25)23(16(2)26)17-8-7-9-18(14-17)24-21-12-5-3-10-19(21)20-11-4-6-13-22(20)24/h3-16,23,25-26H,1-2H3. The lowest BCUT2D eigenvalue weighted by Gasteiger charge is -2.24. The fourth-order valence-electron chi connectivity index (χ4n) is 4.03. The Morgan fingerprint density at radius 1 is 0.692 bits per heavy atom. The first kappa shape index (κ1) is 16.8. The van der Waals surface area contributed by atoms with Crippen LogP contribution >= 0.6 is 0 Å². The monoisotopic (exact) mass is 345 g/mol. The molecule has 4 aromatic rings. The van der Waals surface area contributed by atoms with Gasteiger partial charge in [-0.2, -0.15) is 0 Å². The molecule has 3 heteroatoms. The molecule has 0 saturated heterocycles. The molecule has 0 aliphatic carbocycles. The minimum absolute atomic E-state index is 0.317. The molecule has 1 aromatic heterocycles. The van der Waals surface area contributed by atoms with Crippen LogP contribution in [-0.4, -0.2) is 27.0 Å². The van der Waals surface area contributed by atoms with E-state index in [-0.39, 0.29) is 5.92 Å². The number of para-hydroxylation sites is 2. The summed E-state index contributed by atoms with van der Waals surface area (Å²) in [5.74, 6) is -0.317. The number of benzene rings is 3. The molecule has 0 amide bonds. The number of aliphatic hydroxyl groups excluding tert-OH is 2. The van der Waals surface area contributed by atoms with Crippen LogP contribution in [0.25, 0.3) is 27.5 Å². The highest BCUT2D eigenvalue weighted by Crippen LogP contribution is 2.33. The predicted molar refractivity (Wildman–Crippen MR) is 107 cm³/mol. The first-order chi connectivity index (χ1) is 12.6.